The van der Waals surface area contributed by atoms with E-state index in [2.05, 4.69) is 71.4 Å². The van der Waals surface area contributed by atoms with Crippen LogP contribution in [0.4, 0.5) is 0 Å². The fraction of sp³-hybridized carbons (Fsp3) is 0.532. The molecule has 0 saturated heterocycles. The summed E-state index contributed by atoms with van der Waals surface area (Å²) in [5.41, 5.74) is 5.72. The summed E-state index contributed by atoms with van der Waals surface area (Å²) < 4.78 is 88.9. The van der Waals surface area contributed by atoms with Crippen molar-refractivity contribution in [2.24, 2.45) is 0 Å². The number of pyridine rings is 2. The van der Waals surface area contributed by atoms with Gasteiger partial charge >= 0.3 is 0 Å². The Hall–Kier alpha value is -4.73. The van der Waals surface area contributed by atoms with Crippen molar-refractivity contribution in [1.29, 1.82) is 4.78 Å². The van der Waals surface area contributed by atoms with Gasteiger partial charge in [-0.3, -0.25) is 18.4 Å². The Balaban J connectivity index is 0.000000784. The van der Waals surface area contributed by atoms with Crippen LogP contribution in [-0.2, 0) is 49.4 Å². The van der Waals surface area contributed by atoms with Crippen LogP contribution in [0.1, 0.15) is 195 Å². The van der Waals surface area contributed by atoms with Gasteiger partial charge in [-0.1, -0.05) is 114 Å². The summed E-state index contributed by atoms with van der Waals surface area (Å²) in [6, 6.07) is 7.02. The zero-order chi connectivity index (χ0) is 50.3. The molecule has 0 spiro atoms. The van der Waals surface area contributed by atoms with E-state index in [4.69, 9.17) is 27.0 Å². The standard InChI is InChI=1S/C9H14N2O2S.C9H13NO2S.C7H11NO3S.3C7H11NO.CH4/c1-7(2)9-8(4-3-5-11-9)6-14(10,12)13;1-7(2)9-8(6-13(11)12)4-3-5-10-9;1-5(2)7-6(3-12(9)10)8-4-11-7;2*1-5(2)7-4-9-6(3)8-7;1-5(2)7-4-8-6(3)9-7;/h3-5,7H,6H2,1-2H3,(H2,10,12,13);3-5,7H,6H2,1-2H3,(H,11,12);4-5H,3H2,1-2H3,(H,9,10);3*4-5H,1-3H3;1H4/p-2. The van der Waals surface area contributed by atoms with Gasteiger partial charge in [-0.2, -0.15) is 0 Å². The molecule has 0 aromatic carbocycles. The molecule has 0 amide bonds. The van der Waals surface area contributed by atoms with Gasteiger partial charge in [0, 0.05) is 62.1 Å². The van der Waals surface area contributed by atoms with Crippen LogP contribution >= 0.6 is 0 Å². The zero-order valence-corrected chi connectivity index (χ0v) is 43.3. The lowest BCUT2D eigenvalue weighted by Crippen LogP contribution is -2.05. The molecule has 376 valence electrons. The Kier molecular flexibility index (Phi) is 29.1. The van der Waals surface area contributed by atoms with Gasteiger partial charge in [-0.25, -0.2) is 28.9 Å². The lowest BCUT2D eigenvalue weighted by Gasteiger charge is -2.12. The van der Waals surface area contributed by atoms with E-state index in [9.17, 15) is 21.7 Å². The second-order valence-corrected chi connectivity index (χ2v) is 20.1. The highest BCUT2D eigenvalue weighted by atomic mass is 32.2. The van der Waals surface area contributed by atoms with Crippen molar-refractivity contribution >= 4 is 32.2 Å². The van der Waals surface area contributed by atoms with Crippen molar-refractivity contribution in [1.82, 2.24) is 29.9 Å². The van der Waals surface area contributed by atoms with Crippen molar-refractivity contribution in [2.45, 2.75) is 164 Å². The second kappa shape index (κ2) is 31.3. The van der Waals surface area contributed by atoms with E-state index in [-0.39, 0.29) is 42.4 Å². The van der Waals surface area contributed by atoms with Crippen LogP contribution in [0.25, 0.3) is 0 Å². The normalized spacial score (nSPS) is 12.5. The molecule has 0 saturated carbocycles. The summed E-state index contributed by atoms with van der Waals surface area (Å²) in [6.07, 6.45) is 9.81. The second-order valence-electron chi connectivity index (χ2n) is 16.7. The van der Waals surface area contributed by atoms with Crippen LogP contribution < -0.4 is 0 Å². The van der Waals surface area contributed by atoms with Gasteiger partial charge in [-0.05, 0) is 58.0 Å². The SMILES string of the molecule is C.CC(C)c1ncccc1CS(=N)(=O)O.CC(C)c1ncccc1CS(=O)[O-].CC(C)c1ocnc1CS(=O)[O-].Cc1nc(C(C)C)co1.Cc1nc(C(C)C)co1.Cc1ncc(C(C)C)o1. The third kappa shape index (κ3) is 25.8. The third-order valence-electron chi connectivity index (χ3n) is 8.69. The van der Waals surface area contributed by atoms with Gasteiger partial charge in [0.05, 0.1) is 34.8 Å². The molecule has 17 nitrogen and oxygen atoms in total. The van der Waals surface area contributed by atoms with E-state index in [1.807, 2.05) is 62.3 Å². The Bertz CT molecular complexity index is 2330. The highest BCUT2D eigenvalue weighted by Crippen LogP contribution is 2.21. The third-order valence-corrected chi connectivity index (χ3v) is 10.4. The van der Waals surface area contributed by atoms with E-state index in [0.717, 1.165) is 51.8 Å². The molecule has 0 aliphatic heterocycles. The first-order valence-electron chi connectivity index (χ1n) is 21.4. The molecular weight excluding hydrogens is 919 g/mol. The number of aromatic nitrogens is 6. The predicted molar refractivity (Wildman–Crippen MR) is 262 cm³/mol. The van der Waals surface area contributed by atoms with Gasteiger partial charge in [0.25, 0.3) is 0 Å². The van der Waals surface area contributed by atoms with Gasteiger partial charge in [-0.15, -0.1) is 0 Å². The Morgan fingerprint density at radius 1 is 0.642 bits per heavy atom. The van der Waals surface area contributed by atoms with E-state index in [0.29, 0.717) is 34.8 Å². The summed E-state index contributed by atoms with van der Waals surface area (Å²) in [7, 11) is -3.47. The number of hydrogen-bond acceptors (Lipinski definition) is 16. The minimum Gasteiger partial charge on any atom is -0.772 e. The first-order chi connectivity index (χ1) is 30.7. The smallest absolute Gasteiger partial charge is 0.191 e. The number of rotatable bonds is 12. The van der Waals surface area contributed by atoms with Gasteiger partial charge in [0.15, 0.2) is 34.1 Å². The number of nitrogens with one attached hydrogen (secondary N) is 1. The molecule has 3 atom stereocenters. The van der Waals surface area contributed by atoms with E-state index in [1.54, 1.807) is 55.4 Å². The highest BCUT2D eigenvalue weighted by molar-refractivity contribution is 7.86. The van der Waals surface area contributed by atoms with Crippen molar-refractivity contribution in [3.8, 4) is 0 Å². The Morgan fingerprint density at radius 2 is 1.10 bits per heavy atom. The molecule has 0 radical (unpaired) electrons. The van der Waals surface area contributed by atoms with Crippen LogP contribution in [0.5, 0.6) is 0 Å². The molecule has 3 unspecified atom stereocenters. The molecule has 0 aliphatic carbocycles. The summed E-state index contributed by atoms with van der Waals surface area (Å²) in [6.45, 7) is 29.9. The van der Waals surface area contributed by atoms with Crippen molar-refractivity contribution in [2.75, 3.05) is 0 Å². The minimum atomic E-state index is -3.47. The fourth-order valence-corrected chi connectivity index (χ4v) is 7.03. The molecule has 2 N–H and O–H groups in total. The minimum absolute atomic E-state index is 0. The van der Waals surface area contributed by atoms with Gasteiger partial charge in [0.1, 0.15) is 24.0 Å². The van der Waals surface area contributed by atoms with E-state index >= 15 is 0 Å². The summed E-state index contributed by atoms with van der Waals surface area (Å²) in [5, 5.41) is 0. The molecule has 0 aliphatic rings. The van der Waals surface area contributed by atoms with Crippen molar-refractivity contribution < 1.29 is 44.0 Å². The number of oxazole rings is 4. The maximum Gasteiger partial charge on any atom is 0.191 e. The molecule has 67 heavy (non-hydrogen) atoms. The quantitative estimate of drug-likeness (QED) is 0.108. The predicted octanol–water partition coefficient (Wildman–Crippen LogP) is 11.9. The molecule has 6 aromatic heterocycles. The highest BCUT2D eigenvalue weighted by Gasteiger charge is 2.13. The zero-order valence-electron chi connectivity index (χ0n) is 40.9. The van der Waals surface area contributed by atoms with Crippen LogP contribution in [0, 0.1) is 25.6 Å². The van der Waals surface area contributed by atoms with Crippen LogP contribution in [0.15, 0.2) is 79.4 Å². The Morgan fingerprint density at radius 3 is 1.42 bits per heavy atom. The van der Waals surface area contributed by atoms with Gasteiger partial charge < -0.3 is 31.3 Å². The summed E-state index contributed by atoms with van der Waals surface area (Å²) in [4.78, 5) is 24.4. The number of hydrogen-bond donors (Lipinski definition) is 2. The molecular formula is C47H73N7O10S3-2. The van der Waals surface area contributed by atoms with Crippen molar-refractivity contribution in [3.05, 3.63) is 131 Å². The van der Waals surface area contributed by atoms with E-state index < -0.39 is 32.2 Å². The van der Waals surface area contributed by atoms with Crippen LogP contribution in [-0.4, -0.2) is 56.2 Å². The lowest BCUT2D eigenvalue weighted by atomic mass is 10.1. The number of aryl methyl sites for hydroxylation is 3. The first-order valence-corrected chi connectivity index (χ1v) is 25.6. The van der Waals surface area contributed by atoms with E-state index in [1.165, 1.54) is 6.39 Å². The molecule has 20 heteroatoms. The number of nitrogens with zero attached hydrogens (tertiary/aromatic N) is 6. The molecule has 6 rings (SSSR count). The Labute approximate surface area is 403 Å². The average Bonchev–Trinajstić information content (AvgIpc) is 4.04. The maximum atomic E-state index is 10.9. The van der Waals surface area contributed by atoms with Crippen LogP contribution in [0.2, 0.25) is 0 Å². The van der Waals surface area contributed by atoms with Crippen molar-refractivity contribution in [3.63, 3.8) is 0 Å². The molecule has 0 bridgehead atoms. The molecule has 6 heterocycles. The molecule has 6 aromatic rings. The summed E-state index contributed by atoms with van der Waals surface area (Å²) in [5.74, 6) is 5.75. The monoisotopic (exact) mass is 991 g/mol. The maximum absolute atomic E-state index is 10.9. The molecule has 0 fully saturated rings. The first kappa shape index (κ1) is 62.3. The lowest BCUT2D eigenvalue weighted by molar-refractivity contribution is 0.456. The topological polar surface area (TPSA) is 271 Å². The van der Waals surface area contributed by atoms with Gasteiger partial charge in [0.2, 0.25) is 0 Å². The fourth-order valence-electron chi connectivity index (χ4n) is 5.43. The largest absolute Gasteiger partial charge is 0.772 e. The average molecular weight is 992 g/mol. The summed E-state index contributed by atoms with van der Waals surface area (Å²) >= 11 is -4.13. The van der Waals surface area contributed by atoms with Crippen LogP contribution in [0.3, 0.4) is 0 Å².